The highest BCUT2D eigenvalue weighted by Gasteiger charge is 2.42. The van der Waals surface area contributed by atoms with Gasteiger partial charge in [0.05, 0.1) is 6.61 Å². The second-order valence-electron chi connectivity index (χ2n) is 3.93. The van der Waals surface area contributed by atoms with Crippen molar-refractivity contribution in [2.45, 2.75) is 24.4 Å². The maximum atomic E-state index is 9.76. The van der Waals surface area contributed by atoms with Crippen molar-refractivity contribution in [3.8, 4) is 0 Å². The van der Waals surface area contributed by atoms with Gasteiger partial charge in [-0.25, -0.2) is 0 Å². The molecule has 0 aliphatic carbocycles. The van der Waals surface area contributed by atoms with Crippen LogP contribution in [0.3, 0.4) is 0 Å². The summed E-state index contributed by atoms with van der Waals surface area (Å²) in [5.74, 6) is 0. The van der Waals surface area contributed by atoms with Crippen LogP contribution < -0.4 is 5.73 Å². The lowest BCUT2D eigenvalue weighted by atomic mass is 10.0. The van der Waals surface area contributed by atoms with Crippen molar-refractivity contribution < 1.29 is 20.1 Å². The van der Waals surface area contributed by atoms with Gasteiger partial charge in [0.1, 0.15) is 24.4 Å². The monoisotopic (exact) mass is 225 g/mol. The number of benzene rings is 1. The molecule has 1 aliphatic rings. The number of hydrogen-bond donors (Lipinski definition) is 4. The summed E-state index contributed by atoms with van der Waals surface area (Å²) >= 11 is 0. The molecule has 16 heavy (non-hydrogen) atoms. The molecule has 0 amide bonds. The number of nitrogen functional groups attached to an aromatic ring is 1. The van der Waals surface area contributed by atoms with E-state index in [-0.39, 0.29) is 6.61 Å². The van der Waals surface area contributed by atoms with Gasteiger partial charge in [-0.15, -0.1) is 0 Å². The van der Waals surface area contributed by atoms with Crippen molar-refractivity contribution in [2.75, 3.05) is 12.3 Å². The van der Waals surface area contributed by atoms with Crippen molar-refractivity contribution in [1.82, 2.24) is 0 Å². The average molecular weight is 225 g/mol. The van der Waals surface area contributed by atoms with Gasteiger partial charge in [-0.3, -0.25) is 0 Å². The van der Waals surface area contributed by atoms with E-state index in [4.69, 9.17) is 15.6 Å². The second-order valence-corrected chi connectivity index (χ2v) is 3.93. The van der Waals surface area contributed by atoms with Gasteiger partial charge in [-0.2, -0.15) is 0 Å². The fourth-order valence-corrected chi connectivity index (χ4v) is 1.86. The van der Waals surface area contributed by atoms with Gasteiger partial charge < -0.3 is 25.8 Å². The topological polar surface area (TPSA) is 95.9 Å². The predicted octanol–water partition coefficient (Wildman–Crippen LogP) is -0.577. The zero-order valence-electron chi connectivity index (χ0n) is 8.65. The van der Waals surface area contributed by atoms with Crippen LogP contribution >= 0.6 is 0 Å². The number of hydrogen-bond acceptors (Lipinski definition) is 5. The van der Waals surface area contributed by atoms with Gasteiger partial charge >= 0.3 is 0 Å². The quantitative estimate of drug-likeness (QED) is 0.505. The van der Waals surface area contributed by atoms with Crippen LogP contribution in [0.1, 0.15) is 11.7 Å². The van der Waals surface area contributed by atoms with Crippen LogP contribution in [0.15, 0.2) is 24.3 Å². The predicted molar refractivity (Wildman–Crippen MR) is 57.6 cm³/mol. The normalized spacial score (nSPS) is 34.2. The number of aliphatic hydroxyl groups excluding tert-OH is 3. The number of aliphatic hydroxyl groups is 3. The Morgan fingerprint density at radius 1 is 1.12 bits per heavy atom. The van der Waals surface area contributed by atoms with E-state index < -0.39 is 24.4 Å². The minimum atomic E-state index is -1.06. The first-order chi connectivity index (χ1) is 7.63. The molecule has 0 saturated carbocycles. The molecule has 1 fully saturated rings. The molecule has 1 aromatic rings. The third-order valence-corrected chi connectivity index (χ3v) is 2.81. The van der Waals surface area contributed by atoms with Crippen LogP contribution in [0.4, 0.5) is 5.69 Å². The summed E-state index contributed by atoms with van der Waals surface area (Å²) in [5.41, 5.74) is 6.90. The molecular weight excluding hydrogens is 210 g/mol. The molecular formula is C11H15NO4. The number of ether oxygens (including phenoxy) is 1. The number of anilines is 1. The summed E-state index contributed by atoms with van der Waals surface area (Å²) in [6, 6.07) is 6.86. The highest BCUT2D eigenvalue weighted by molar-refractivity contribution is 5.40. The molecule has 88 valence electrons. The molecule has 5 N–H and O–H groups in total. The smallest absolute Gasteiger partial charge is 0.113 e. The van der Waals surface area contributed by atoms with Gasteiger partial charge in [-0.05, 0) is 17.7 Å². The van der Waals surface area contributed by atoms with Gasteiger partial charge in [0.15, 0.2) is 0 Å². The average Bonchev–Trinajstić information content (AvgIpc) is 2.57. The molecule has 0 bridgehead atoms. The van der Waals surface area contributed by atoms with E-state index in [1.54, 1.807) is 24.3 Å². The van der Waals surface area contributed by atoms with Gasteiger partial charge in [0.2, 0.25) is 0 Å². The fraction of sp³-hybridized carbons (Fsp3) is 0.455. The zero-order chi connectivity index (χ0) is 11.7. The Morgan fingerprint density at radius 2 is 1.75 bits per heavy atom. The lowest BCUT2D eigenvalue weighted by molar-refractivity contribution is -0.0227. The molecule has 5 nitrogen and oxygen atoms in total. The molecule has 1 heterocycles. The van der Waals surface area contributed by atoms with Gasteiger partial charge in [-0.1, -0.05) is 12.1 Å². The molecule has 0 radical (unpaired) electrons. The second kappa shape index (κ2) is 4.39. The summed E-state index contributed by atoms with van der Waals surface area (Å²) in [5, 5.41) is 28.3. The lowest BCUT2D eigenvalue weighted by Crippen LogP contribution is -2.32. The van der Waals surface area contributed by atoms with E-state index in [1.165, 1.54) is 0 Å². The van der Waals surface area contributed by atoms with Crippen LogP contribution in [-0.2, 0) is 4.74 Å². The maximum absolute atomic E-state index is 9.76. The SMILES string of the molecule is Nc1ccc([C@@H]2O[C@H](CO)[C@@H](O)[C@H]2O)cc1. The largest absolute Gasteiger partial charge is 0.399 e. The summed E-state index contributed by atoms with van der Waals surface area (Å²) in [6.45, 7) is -0.316. The molecule has 1 saturated heterocycles. The third-order valence-electron chi connectivity index (χ3n) is 2.81. The minimum absolute atomic E-state index is 0.316. The number of rotatable bonds is 2. The van der Waals surface area contributed by atoms with E-state index in [9.17, 15) is 10.2 Å². The highest BCUT2D eigenvalue weighted by Crippen LogP contribution is 2.33. The molecule has 1 aromatic carbocycles. The molecule has 1 aliphatic heterocycles. The van der Waals surface area contributed by atoms with Crippen LogP contribution in [0.5, 0.6) is 0 Å². The fourth-order valence-electron chi connectivity index (χ4n) is 1.86. The molecule has 0 spiro atoms. The highest BCUT2D eigenvalue weighted by atomic mass is 16.6. The van der Waals surface area contributed by atoms with E-state index in [0.717, 1.165) is 5.56 Å². The summed E-state index contributed by atoms with van der Waals surface area (Å²) < 4.78 is 5.37. The zero-order valence-corrected chi connectivity index (χ0v) is 8.65. The van der Waals surface area contributed by atoms with Crippen LogP contribution in [0.2, 0.25) is 0 Å². The summed E-state index contributed by atoms with van der Waals surface area (Å²) in [4.78, 5) is 0. The Balaban J connectivity index is 2.19. The van der Waals surface area contributed by atoms with Crippen molar-refractivity contribution in [3.05, 3.63) is 29.8 Å². The molecule has 0 unspecified atom stereocenters. The lowest BCUT2D eigenvalue weighted by Gasteiger charge is -2.14. The Morgan fingerprint density at radius 3 is 2.25 bits per heavy atom. The summed E-state index contributed by atoms with van der Waals surface area (Å²) in [7, 11) is 0. The first-order valence-electron chi connectivity index (χ1n) is 5.11. The molecule has 4 atom stereocenters. The Kier molecular flexibility index (Phi) is 3.11. The minimum Gasteiger partial charge on any atom is -0.399 e. The Hall–Kier alpha value is -1.14. The first kappa shape index (κ1) is 11.3. The van der Waals surface area contributed by atoms with Gasteiger partial charge in [0.25, 0.3) is 0 Å². The van der Waals surface area contributed by atoms with Crippen molar-refractivity contribution in [2.24, 2.45) is 0 Å². The Bertz CT molecular complexity index is 354. The van der Waals surface area contributed by atoms with Crippen LogP contribution in [0.25, 0.3) is 0 Å². The Labute approximate surface area is 93.1 Å². The molecule has 0 aromatic heterocycles. The van der Waals surface area contributed by atoms with Crippen molar-refractivity contribution >= 4 is 5.69 Å². The third kappa shape index (κ3) is 1.90. The van der Waals surface area contributed by atoms with Gasteiger partial charge in [0, 0.05) is 5.69 Å². The summed E-state index contributed by atoms with van der Waals surface area (Å²) in [6.07, 6.45) is -3.45. The molecule has 5 heteroatoms. The van der Waals surface area contributed by atoms with Crippen molar-refractivity contribution in [3.63, 3.8) is 0 Å². The van der Waals surface area contributed by atoms with E-state index in [2.05, 4.69) is 0 Å². The van der Waals surface area contributed by atoms with Crippen molar-refractivity contribution in [1.29, 1.82) is 0 Å². The van der Waals surface area contributed by atoms with Crippen LogP contribution in [0, 0.1) is 0 Å². The van der Waals surface area contributed by atoms with E-state index in [0.29, 0.717) is 5.69 Å². The molecule has 2 rings (SSSR count). The first-order valence-corrected chi connectivity index (χ1v) is 5.11. The van der Waals surface area contributed by atoms with E-state index >= 15 is 0 Å². The van der Waals surface area contributed by atoms with Crippen LogP contribution in [-0.4, -0.2) is 40.2 Å². The number of nitrogens with two attached hydrogens (primary N) is 1. The maximum Gasteiger partial charge on any atom is 0.113 e. The van der Waals surface area contributed by atoms with E-state index in [1.807, 2.05) is 0 Å². The standard InChI is InChI=1S/C11H15NO4/c12-7-3-1-6(2-4-7)11-10(15)9(14)8(5-13)16-11/h1-4,8-11,13-15H,5,12H2/t8-,9-,10-,11+/m1/s1.